The van der Waals surface area contributed by atoms with Crippen molar-refractivity contribution < 1.29 is 32.3 Å². The van der Waals surface area contributed by atoms with Gasteiger partial charge in [0, 0.05) is 10.6 Å². The second-order valence-corrected chi connectivity index (χ2v) is 7.28. The lowest BCUT2D eigenvalue weighted by molar-refractivity contribution is -0.148. The van der Waals surface area contributed by atoms with Crippen LogP contribution in [0.3, 0.4) is 0 Å². The highest BCUT2D eigenvalue weighted by molar-refractivity contribution is 7.99. The van der Waals surface area contributed by atoms with Crippen molar-refractivity contribution in [3.63, 3.8) is 0 Å². The van der Waals surface area contributed by atoms with Gasteiger partial charge in [0.05, 0.1) is 23.7 Å². The van der Waals surface area contributed by atoms with Gasteiger partial charge < -0.3 is 15.4 Å². The normalized spacial score (nSPS) is 10.4. The Bertz CT molecular complexity index is 946. The van der Waals surface area contributed by atoms with E-state index in [1.165, 1.54) is 11.8 Å². The van der Waals surface area contributed by atoms with Crippen molar-refractivity contribution in [1.82, 2.24) is 5.32 Å². The van der Waals surface area contributed by atoms with Crippen LogP contribution in [0.2, 0.25) is 5.02 Å². The zero-order valence-corrected chi connectivity index (χ0v) is 16.9. The maximum absolute atomic E-state index is 13.5. The van der Waals surface area contributed by atoms with Gasteiger partial charge in [-0.2, -0.15) is 0 Å². The molecule has 0 saturated heterocycles. The number of esters is 1. The molecule has 0 aliphatic heterocycles. The lowest BCUT2D eigenvalue weighted by atomic mass is 10.2. The third-order valence-electron chi connectivity index (χ3n) is 3.52. The topological polar surface area (TPSA) is 84.5 Å². The van der Waals surface area contributed by atoms with Gasteiger partial charge in [-0.25, -0.2) is 13.2 Å². The molecule has 0 spiro atoms. The van der Waals surface area contributed by atoms with E-state index in [4.69, 9.17) is 16.3 Å². The first-order valence-corrected chi connectivity index (χ1v) is 9.87. The minimum atomic E-state index is -1.73. The van der Waals surface area contributed by atoms with E-state index >= 15 is 0 Å². The molecule has 2 rings (SSSR count). The summed E-state index contributed by atoms with van der Waals surface area (Å²) in [5, 5.41) is 4.71. The summed E-state index contributed by atoms with van der Waals surface area (Å²) in [6, 6.07) is 8.63. The Hall–Kier alpha value is -2.72. The van der Waals surface area contributed by atoms with Crippen LogP contribution in [0.15, 0.2) is 41.3 Å². The fraction of sp³-hybridized carbons (Fsp3) is 0.211. The number of nitrogens with one attached hydrogen (secondary N) is 2. The molecule has 0 aromatic heterocycles. The molecule has 0 radical (unpaired) electrons. The number of amides is 2. The summed E-state index contributed by atoms with van der Waals surface area (Å²) in [6.45, 7) is -1.19. The van der Waals surface area contributed by atoms with Crippen LogP contribution in [0.1, 0.15) is 6.42 Å². The van der Waals surface area contributed by atoms with Gasteiger partial charge in [0.15, 0.2) is 24.1 Å². The average Bonchev–Trinajstić information content (AvgIpc) is 2.72. The van der Waals surface area contributed by atoms with Gasteiger partial charge in [0.25, 0.3) is 5.91 Å². The van der Waals surface area contributed by atoms with Crippen LogP contribution < -0.4 is 10.6 Å². The molecule has 2 aromatic carbocycles. The Labute approximate surface area is 179 Å². The van der Waals surface area contributed by atoms with Crippen LogP contribution in [0.25, 0.3) is 0 Å². The molecule has 6 nitrogen and oxygen atoms in total. The molecule has 2 aromatic rings. The Morgan fingerprint density at radius 3 is 2.47 bits per heavy atom. The molecule has 11 heteroatoms. The lowest BCUT2D eigenvalue weighted by Gasteiger charge is -2.09. The van der Waals surface area contributed by atoms with Crippen LogP contribution >= 0.6 is 23.4 Å². The first-order valence-electron chi connectivity index (χ1n) is 8.51. The SMILES string of the molecule is O=C(COC(=O)CCSc1ccccc1Cl)NCC(=O)Nc1ccc(F)c(F)c1F. The Kier molecular flexibility index (Phi) is 9.00. The van der Waals surface area contributed by atoms with E-state index in [1.807, 2.05) is 17.4 Å². The van der Waals surface area contributed by atoms with Crippen LogP contribution in [-0.2, 0) is 19.1 Å². The van der Waals surface area contributed by atoms with E-state index in [0.717, 1.165) is 11.0 Å². The molecule has 0 saturated carbocycles. The summed E-state index contributed by atoms with van der Waals surface area (Å²) in [5.41, 5.74) is -0.574. The van der Waals surface area contributed by atoms with Crippen LogP contribution in [0.4, 0.5) is 18.9 Å². The van der Waals surface area contributed by atoms with Crippen molar-refractivity contribution in [3.8, 4) is 0 Å². The quantitative estimate of drug-likeness (QED) is 0.340. The molecule has 30 heavy (non-hydrogen) atoms. The van der Waals surface area contributed by atoms with E-state index in [-0.39, 0.29) is 6.42 Å². The Morgan fingerprint density at radius 2 is 1.73 bits per heavy atom. The number of ether oxygens (including phenoxy) is 1. The molecule has 2 N–H and O–H groups in total. The predicted octanol–water partition coefficient (Wildman–Crippen LogP) is 3.54. The summed E-state index contributed by atoms with van der Waals surface area (Å²) >= 11 is 7.36. The first-order chi connectivity index (χ1) is 14.3. The number of carbonyl (C=O) groups excluding carboxylic acids is 3. The Morgan fingerprint density at radius 1 is 1.00 bits per heavy atom. The summed E-state index contributed by atoms with van der Waals surface area (Å²) in [4.78, 5) is 35.8. The average molecular weight is 461 g/mol. The predicted molar refractivity (Wildman–Crippen MR) is 106 cm³/mol. The van der Waals surface area contributed by atoms with E-state index in [1.54, 1.807) is 12.1 Å². The van der Waals surface area contributed by atoms with Gasteiger partial charge in [-0.15, -0.1) is 11.8 Å². The highest BCUT2D eigenvalue weighted by Gasteiger charge is 2.16. The molecule has 0 fully saturated rings. The molecule has 2 amide bonds. The number of benzene rings is 2. The minimum absolute atomic E-state index is 0.0407. The molecule has 0 heterocycles. The summed E-state index contributed by atoms with van der Waals surface area (Å²) in [5.74, 6) is -6.54. The maximum atomic E-state index is 13.5. The third kappa shape index (κ3) is 7.27. The smallest absolute Gasteiger partial charge is 0.307 e. The molecular formula is C19H16ClF3N2O4S. The summed E-state index contributed by atoms with van der Waals surface area (Å²) in [6.07, 6.45) is 0.0407. The number of hydrogen-bond donors (Lipinski definition) is 2. The van der Waals surface area contributed by atoms with Crippen molar-refractivity contribution >= 4 is 46.8 Å². The van der Waals surface area contributed by atoms with Crippen molar-refractivity contribution in [2.75, 3.05) is 24.2 Å². The largest absolute Gasteiger partial charge is 0.456 e. The molecule has 0 aliphatic rings. The zero-order valence-electron chi connectivity index (χ0n) is 15.3. The number of halogens is 4. The summed E-state index contributed by atoms with van der Waals surface area (Å²) in [7, 11) is 0. The number of rotatable bonds is 9. The molecule has 0 bridgehead atoms. The van der Waals surface area contributed by atoms with Crippen LogP contribution in [0.5, 0.6) is 0 Å². The lowest BCUT2D eigenvalue weighted by Crippen LogP contribution is -2.35. The van der Waals surface area contributed by atoms with Crippen LogP contribution in [-0.4, -0.2) is 36.7 Å². The second kappa shape index (κ2) is 11.5. The summed E-state index contributed by atoms with van der Waals surface area (Å²) < 4.78 is 44.2. The van der Waals surface area contributed by atoms with Crippen molar-refractivity contribution in [2.45, 2.75) is 11.3 Å². The highest BCUT2D eigenvalue weighted by atomic mass is 35.5. The van der Waals surface area contributed by atoms with Crippen molar-refractivity contribution in [2.24, 2.45) is 0 Å². The van der Waals surface area contributed by atoms with Gasteiger partial charge in [-0.05, 0) is 24.3 Å². The minimum Gasteiger partial charge on any atom is -0.456 e. The molecular weight excluding hydrogens is 445 g/mol. The third-order valence-corrected chi connectivity index (χ3v) is 5.04. The number of carbonyl (C=O) groups is 3. The maximum Gasteiger partial charge on any atom is 0.307 e. The van der Waals surface area contributed by atoms with Gasteiger partial charge in [0.2, 0.25) is 5.91 Å². The van der Waals surface area contributed by atoms with Gasteiger partial charge in [0.1, 0.15) is 0 Å². The second-order valence-electron chi connectivity index (χ2n) is 5.74. The number of hydrogen-bond acceptors (Lipinski definition) is 5. The number of thioether (sulfide) groups is 1. The van der Waals surface area contributed by atoms with E-state index in [2.05, 4.69) is 5.32 Å². The fourth-order valence-electron chi connectivity index (χ4n) is 2.07. The highest BCUT2D eigenvalue weighted by Crippen LogP contribution is 2.27. The van der Waals surface area contributed by atoms with Crippen molar-refractivity contribution in [1.29, 1.82) is 0 Å². The van der Waals surface area contributed by atoms with E-state index < -0.39 is 54.1 Å². The first kappa shape index (κ1) is 23.6. The van der Waals surface area contributed by atoms with Gasteiger partial charge in [-0.1, -0.05) is 23.7 Å². The fourth-order valence-corrected chi connectivity index (χ4v) is 3.24. The monoisotopic (exact) mass is 460 g/mol. The van der Waals surface area contributed by atoms with Crippen molar-refractivity contribution in [3.05, 3.63) is 58.9 Å². The van der Waals surface area contributed by atoms with Gasteiger partial charge >= 0.3 is 5.97 Å². The molecule has 160 valence electrons. The standard InChI is InChI=1S/C19H16ClF3N2O4S/c20-11-3-1-2-4-14(11)30-8-7-17(28)29-10-16(27)24-9-15(26)25-13-6-5-12(21)18(22)19(13)23/h1-6H,7-10H2,(H,24,27)(H,25,26). The number of anilines is 1. The zero-order chi connectivity index (χ0) is 22.1. The Balaban J connectivity index is 1.65. The molecule has 0 atom stereocenters. The molecule has 0 unspecified atom stereocenters. The van der Waals surface area contributed by atoms with Gasteiger partial charge in [-0.3, -0.25) is 14.4 Å². The van der Waals surface area contributed by atoms with Crippen LogP contribution in [0, 0.1) is 17.5 Å². The van der Waals surface area contributed by atoms with E-state index in [9.17, 15) is 27.6 Å². The van der Waals surface area contributed by atoms with E-state index in [0.29, 0.717) is 16.8 Å². The molecule has 0 aliphatic carbocycles.